The molecule has 10 heteroatoms. The molecule has 2 heterocycles. The van der Waals surface area contributed by atoms with Gasteiger partial charge in [-0.1, -0.05) is 34.7 Å². The van der Waals surface area contributed by atoms with Crippen LogP contribution in [0, 0.1) is 9.87 Å². The quantitative estimate of drug-likeness (QED) is 0.348. The molecule has 0 spiro atoms. The van der Waals surface area contributed by atoms with E-state index in [1.54, 1.807) is 23.7 Å². The number of ether oxygens (including phenoxy) is 1. The lowest BCUT2D eigenvalue weighted by Crippen LogP contribution is -2.43. The molecule has 6 nitrogen and oxygen atoms in total. The Kier molecular flexibility index (Phi) is 7.72. The minimum absolute atomic E-state index is 0.0523. The van der Waals surface area contributed by atoms with E-state index in [1.165, 1.54) is 23.1 Å². The van der Waals surface area contributed by atoms with Crippen LogP contribution in [0.5, 0.6) is 0 Å². The van der Waals surface area contributed by atoms with Crippen molar-refractivity contribution in [2.75, 3.05) is 19.7 Å². The molecule has 1 aromatic heterocycles. The van der Waals surface area contributed by atoms with E-state index in [1.807, 2.05) is 24.0 Å². The molecular formula is C19H22ClN3O3S3. The summed E-state index contributed by atoms with van der Waals surface area (Å²) in [5, 5.41) is 4.92. The largest absolute Gasteiger partial charge is 0.466 e. The molecule has 0 saturated carbocycles. The summed E-state index contributed by atoms with van der Waals surface area (Å²) >= 11 is 14.1. The fraction of sp³-hybridized carbons (Fsp3) is 0.474. The summed E-state index contributed by atoms with van der Waals surface area (Å²) in [7, 11) is 0. The number of halogens is 1. The zero-order valence-electron chi connectivity index (χ0n) is 16.2. The Bertz CT molecular complexity index is 921. The molecular weight excluding hydrogens is 450 g/mol. The van der Waals surface area contributed by atoms with Gasteiger partial charge in [0.25, 0.3) is 0 Å². The van der Waals surface area contributed by atoms with E-state index in [4.69, 9.17) is 28.6 Å². The predicted molar refractivity (Wildman–Crippen MR) is 119 cm³/mol. The van der Waals surface area contributed by atoms with Crippen LogP contribution in [0.4, 0.5) is 0 Å². The third-order valence-electron chi connectivity index (χ3n) is 4.65. The summed E-state index contributed by atoms with van der Waals surface area (Å²) in [6.07, 6.45) is 1.29. The minimum atomic E-state index is -0.284. The molecule has 1 aliphatic rings. The second-order valence-electron chi connectivity index (χ2n) is 6.63. The SMILES string of the molecule is CCOC(=O)C1CCN(C(=O)C(C)Sc2nn(-c3ccc(Cl)cc3)c(=S)s2)CC1. The molecule has 1 aromatic carbocycles. The van der Waals surface area contributed by atoms with Crippen LogP contribution < -0.4 is 0 Å². The van der Waals surface area contributed by atoms with Gasteiger partial charge < -0.3 is 9.64 Å². The van der Waals surface area contributed by atoms with Gasteiger partial charge in [-0.05, 0) is 63.2 Å². The highest BCUT2D eigenvalue weighted by atomic mass is 35.5. The molecule has 1 amide bonds. The summed E-state index contributed by atoms with van der Waals surface area (Å²) < 4.78 is 8.13. The van der Waals surface area contributed by atoms with Crippen LogP contribution in [0.3, 0.4) is 0 Å². The Labute approximate surface area is 188 Å². The first-order valence-corrected chi connectivity index (χ1v) is 11.9. The highest BCUT2D eigenvalue weighted by Crippen LogP contribution is 2.30. The van der Waals surface area contributed by atoms with E-state index >= 15 is 0 Å². The average Bonchev–Trinajstić information content (AvgIpc) is 3.08. The number of piperidine rings is 1. The summed E-state index contributed by atoms with van der Waals surface area (Å²) in [6, 6.07) is 7.29. The van der Waals surface area contributed by atoms with Crippen molar-refractivity contribution in [1.82, 2.24) is 14.7 Å². The second kappa shape index (κ2) is 10.1. The minimum Gasteiger partial charge on any atom is -0.466 e. The van der Waals surface area contributed by atoms with Gasteiger partial charge in [-0.25, -0.2) is 4.68 Å². The molecule has 1 saturated heterocycles. The molecule has 3 rings (SSSR count). The number of hydrogen-bond donors (Lipinski definition) is 0. The zero-order valence-corrected chi connectivity index (χ0v) is 19.4. The van der Waals surface area contributed by atoms with Crippen LogP contribution >= 0.6 is 46.9 Å². The Balaban J connectivity index is 1.59. The van der Waals surface area contributed by atoms with Gasteiger partial charge in [-0.3, -0.25) is 9.59 Å². The highest BCUT2D eigenvalue weighted by Gasteiger charge is 2.30. The van der Waals surface area contributed by atoms with Crippen LogP contribution in [0.25, 0.3) is 5.69 Å². The van der Waals surface area contributed by atoms with E-state index < -0.39 is 0 Å². The van der Waals surface area contributed by atoms with Gasteiger partial charge in [0.1, 0.15) is 0 Å². The lowest BCUT2D eigenvalue weighted by atomic mass is 9.97. The maximum atomic E-state index is 12.8. The molecule has 1 atom stereocenters. The first-order valence-electron chi connectivity index (χ1n) is 9.37. The maximum Gasteiger partial charge on any atom is 0.309 e. The Morgan fingerprint density at radius 3 is 2.62 bits per heavy atom. The molecule has 1 fully saturated rings. The average molecular weight is 472 g/mol. The van der Waals surface area contributed by atoms with E-state index in [2.05, 4.69) is 5.10 Å². The molecule has 1 unspecified atom stereocenters. The van der Waals surface area contributed by atoms with E-state index in [0.29, 0.717) is 41.5 Å². The molecule has 1 aliphatic heterocycles. The van der Waals surface area contributed by atoms with Crippen LogP contribution in [0.15, 0.2) is 28.6 Å². The lowest BCUT2D eigenvalue weighted by molar-refractivity contribution is -0.151. The number of aromatic nitrogens is 2. The zero-order chi connectivity index (χ0) is 21.0. The van der Waals surface area contributed by atoms with Crippen LogP contribution in [0.2, 0.25) is 5.02 Å². The molecule has 156 valence electrons. The molecule has 0 N–H and O–H groups in total. The number of amides is 1. The smallest absolute Gasteiger partial charge is 0.309 e. The topological polar surface area (TPSA) is 64.4 Å². The number of carbonyl (C=O) groups excluding carboxylic acids is 2. The Hall–Kier alpha value is -1.42. The van der Waals surface area contributed by atoms with Crippen LogP contribution in [0.1, 0.15) is 26.7 Å². The Morgan fingerprint density at radius 2 is 2.00 bits per heavy atom. The summed E-state index contributed by atoms with van der Waals surface area (Å²) in [5.41, 5.74) is 0.836. The van der Waals surface area contributed by atoms with Gasteiger partial charge in [0.15, 0.2) is 8.29 Å². The van der Waals surface area contributed by atoms with E-state index in [0.717, 1.165) is 10.0 Å². The van der Waals surface area contributed by atoms with Crippen molar-refractivity contribution in [1.29, 1.82) is 0 Å². The van der Waals surface area contributed by atoms with Crippen molar-refractivity contribution >= 4 is 58.8 Å². The van der Waals surface area contributed by atoms with Gasteiger partial charge in [-0.2, -0.15) is 0 Å². The van der Waals surface area contributed by atoms with Crippen LogP contribution in [-0.4, -0.2) is 51.5 Å². The molecule has 0 aliphatic carbocycles. The van der Waals surface area contributed by atoms with Crippen LogP contribution in [-0.2, 0) is 14.3 Å². The van der Waals surface area contributed by atoms with E-state index in [-0.39, 0.29) is 23.0 Å². The van der Waals surface area contributed by atoms with Crippen molar-refractivity contribution in [2.24, 2.45) is 5.92 Å². The highest BCUT2D eigenvalue weighted by molar-refractivity contribution is 8.02. The number of hydrogen-bond acceptors (Lipinski definition) is 7. The van der Waals surface area contributed by atoms with Crippen molar-refractivity contribution in [2.45, 2.75) is 36.3 Å². The van der Waals surface area contributed by atoms with Gasteiger partial charge in [0.05, 0.1) is 23.5 Å². The summed E-state index contributed by atoms with van der Waals surface area (Å²) in [4.78, 5) is 26.5. The molecule has 2 aromatic rings. The number of thioether (sulfide) groups is 1. The van der Waals surface area contributed by atoms with Crippen molar-refractivity contribution in [3.8, 4) is 5.69 Å². The fourth-order valence-electron chi connectivity index (χ4n) is 3.11. The van der Waals surface area contributed by atoms with E-state index in [9.17, 15) is 9.59 Å². The first kappa shape index (κ1) is 22.3. The van der Waals surface area contributed by atoms with Crippen molar-refractivity contribution in [3.05, 3.63) is 33.2 Å². The molecule has 0 bridgehead atoms. The number of likely N-dealkylation sites (tertiary alicyclic amines) is 1. The predicted octanol–water partition coefficient (Wildman–Crippen LogP) is 4.60. The van der Waals surface area contributed by atoms with Crippen molar-refractivity contribution in [3.63, 3.8) is 0 Å². The normalized spacial score (nSPS) is 15.9. The lowest BCUT2D eigenvalue weighted by Gasteiger charge is -2.32. The number of nitrogens with zero attached hydrogens (tertiary/aromatic N) is 3. The van der Waals surface area contributed by atoms with Gasteiger partial charge in [0, 0.05) is 18.1 Å². The van der Waals surface area contributed by atoms with Gasteiger partial charge in [0.2, 0.25) is 5.91 Å². The number of carbonyl (C=O) groups is 2. The van der Waals surface area contributed by atoms with Gasteiger partial charge >= 0.3 is 5.97 Å². The number of rotatable bonds is 6. The molecule has 29 heavy (non-hydrogen) atoms. The van der Waals surface area contributed by atoms with Gasteiger partial charge in [-0.15, -0.1) is 5.10 Å². The monoisotopic (exact) mass is 471 g/mol. The first-order chi connectivity index (χ1) is 13.9. The fourth-order valence-corrected chi connectivity index (χ4v) is 5.82. The standard InChI is InChI=1S/C19H22ClN3O3S3/c1-3-26-17(25)13-8-10-22(11-9-13)16(24)12(2)28-18-21-23(19(27)29-18)15-6-4-14(20)5-7-15/h4-7,12-13H,3,8-11H2,1-2H3. The number of benzene rings is 1. The summed E-state index contributed by atoms with van der Waals surface area (Å²) in [6.45, 7) is 5.21. The summed E-state index contributed by atoms with van der Waals surface area (Å²) in [5.74, 6) is -0.215. The number of esters is 1. The van der Waals surface area contributed by atoms with Crippen molar-refractivity contribution < 1.29 is 14.3 Å². The third-order valence-corrected chi connectivity index (χ3v) is 7.31. The third kappa shape index (κ3) is 5.59. The molecule has 0 radical (unpaired) electrons. The second-order valence-corrected chi connectivity index (χ2v) is 10.3. The Morgan fingerprint density at radius 1 is 1.34 bits per heavy atom. The maximum absolute atomic E-state index is 12.8.